The minimum Gasteiger partial charge on any atom is -0.294 e. The highest BCUT2D eigenvalue weighted by Gasteiger charge is 1.86. The van der Waals surface area contributed by atoms with E-state index in [2.05, 4.69) is 17.5 Å². The minimum atomic E-state index is -0.127. The summed E-state index contributed by atoms with van der Waals surface area (Å²) in [5.41, 5.74) is 0. The number of nitrogens with one attached hydrogen (secondary N) is 1. The van der Waals surface area contributed by atoms with Gasteiger partial charge in [-0.2, -0.15) is 0 Å². The topological polar surface area (TPSA) is 29.1 Å². The zero-order chi connectivity index (χ0) is 4.99. The van der Waals surface area contributed by atoms with Gasteiger partial charge in [-0.15, -0.1) is 0 Å². The highest BCUT2D eigenvalue weighted by molar-refractivity contribution is 8.13. The highest BCUT2D eigenvalue weighted by atomic mass is 32.2. The van der Waals surface area contributed by atoms with E-state index in [1.807, 2.05) is 0 Å². The van der Waals surface area contributed by atoms with Crippen LogP contribution in [0.1, 0.15) is 0 Å². The molecule has 1 amide bonds. The monoisotopic (exact) mass is 123 g/mol. The molecule has 0 unspecified atom stereocenters. The standard InChI is InChI=1S/C2H5NOS2/c1-6-2(4)3-5/h5H,1H3,(H,3,4). The first-order valence-corrected chi connectivity index (χ1v) is 2.96. The summed E-state index contributed by atoms with van der Waals surface area (Å²) in [6.07, 6.45) is 1.69. The van der Waals surface area contributed by atoms with E-state index in [1.165, 1.54) is 0 Å². The molecule has 0 aromatic carbocycles. The van der Waals surface area contributed by atoms with Crippen molar-refractivity contribution in [3.8, 4) is 0 Å². The second kappa shape index (κ2) is 3.36. The van der Waals surface area contributed by atoms with Crippen molar-refractivity contribution < 1.29 is 4.79 Å². The van der Waals surface area contributed by atoms with Gasteiger partial charge in [-0.25, -0.2) is 0 Å². The lowest BCUT2D eigenvalue weighted by molar-refractivity contribution is 0.265. The molecule has 0 saturated carbocycles. The zero-order valence-corrected chi connectivity index (χ0v) is 4.97. The first kappa shape index (κ1) is 6.17. The first-order valence-electron chi connectivity index (χ1n) is 1.29. The SMILES string of the molecule is CSC(=O)NS. The number of thioether (sulfide) groups is 1. The molecule has 36 valence electrons. The average Bonchev–Trinajstić information content (AvgIpc) is 1.65. The van der Waals surface area contributed by atoms with E-state index in [-0.39, 0.29) is 5.24 Å². The Bertz CT molecular complexity index is 49.5. The molecule has 0 heterocycles. The lowest BCUT2D eigenvalue weighted by Gasteiger charge is -1.85. The van der Waals surface area contributed by atoms with Gasteiger partial charge >= 0.3 is 0 Å². The van der Waals surface area contributed by atoms with E-state index in [4.69, 9.17) is 0 Å². The van der Waals surface area contributed by atoms with Crippen molar-refractivity contribution in [2.24, 2.45) is 0 Å². The van der Waals surface area contributed by atoms with Crippen LogP contribution in [-0.2, 0) is 0 Å². The van der Waals surface area contributed by atoms with Gasteiger partial charge in [-0.1, -0.05) is 24.6 Å². The van der Waals surface area contributed by atoms with Crippen LogP contribution in [0.2, 0.25) is 0 Å². The average molecular weight is 123 g/mol. The van der Waals surface area contributed by atoms with Crippen molar-refractivity contribution in [3.05, 3.63) is 0 Å². The number of rotatable bonds is 0. The van der Waals surface area contributed by atoms with E-state index in [9.17, 15) is 4.79 Å². The van der Waals surface area contributed by atoms with Crippen LogP contribution < -0.4 is 4.72 Å². The van der Waals surface area contributed by atoms with Gasteiger partial charge in [-0.3, -0.25) is 9.52 Å². The molecule has 0 aromatic heterocycles. The second-order valence-corrected chi connectivity index (χ2v) is 1.61. The summed E-state index contributed by atoms with van der Waals surface area (Å²) in [6.45, 7) is 0. The Kier molecular flexibility index (Phi) is 3.46. The van der Waals surface area contributed by atoms with Crippen molar-refractivity contribution in [2.75, 3.05) is 6.26 Å². The van der Waals surface area contributed by atoms with Crippen LogP contribution in [0.15, 0.2) is 0 Å². The fourth-order valence-corrected chi connectivity index (χ4v) is 0.411. The third kappa shape index (κ3) is 2.41. The number of carbonyl (C=O) groups is 1. The van der Waals surface area contributed by atoms with E-state index in [0.717, 1.165) is 11.8 Å². The third-order valence-corrected chi connectivity index (χ3v) is 1.10. The van der Waals surface area contributed by atoms with Crippen molar-refractivity contribution in [1.82, 2.24) is 4.72 Å². The molecule has 0 spiro atoms. The molecule has 0 aliphatic rings. The smallest absolute Gasteiger partial charge is 0.288 e. The molecule has 0 aliphatic carbocycles. The normalized spacial score (nSPS) is 7.67. The van der Waals surface area contributed by atoms with Crippen LogP contribution in [0.5, 0.6) is 0 Å². The van der Waals surface area contributed by atoms with Gasteiger partial charge in [0.25, 0.3) is 5.24 Å². The maximum atomic E-state index is 9.96. The second-order valence-electron chi connectivity index (χ2n) is 0.603. The summed E-state index contributed by atoms with van der Waals surface area (Å²) < 4.78 is 2.13. The summed E-state index contributed by atoms with van der Waals surface area (Å²) in [5, 5.41) is -0.127. The van der Waals surface area contributed by atoms with E-state index < -0.39 is 0 Å². The van der Waals surface area contributed by atoms with E-state index in [0.29, 0.717) is 0 Å². The molecule has 0 rings (SSSR count). The predicted molar refractivity (Wildman–Crippen MR) is 31.0 cm³/mol. The van der Waals surface area contributed by atoms with Gasteiger partial charge in [0.15, 0.2) is 0 Å². The Morgan fingerprint density at radius 1 is 2.00 bits per heavy atom. The largest absolute Gasteiger partial charge is 0.294 e. The quantitative estimate of drug-likeness (QED) is 0.469. The van der Waals surface area contributed by atoms with Crippen LogP contribution in [0.4, 0.5) is 4.79 Å². The van der Waals surface area contributed by atoms with Crippen molar-refractivity contribution >= 4 is 29.8 Å². The zero-order valence-electron chi connectivity index (χ0n) is 3.26. The number of hydrogen-bond donors (Lipinski definition) is 2. The van der Waals surface area contributed by atoms with E-state index in [1.54, 1.807) is 6.26 Å². The van der Waals surface area contributed by atoms with Gasteiger partial charge < -0.3 is 0 Å². The highest BCUT2D eigenvalue weighted by Crippen LogP contribution is 1.91. The summed E-state index contributed by atoms with van der Waals surface area (Å²) in [4.78, 5) is 9.96. The fourth-order valence-electron chi connectivity index (χ4n) is 0.0456. The maximum absolute atomic E-state index is 9.96. The molecule has 0 fully saturated rings. The van der Waals surface area contributed by atoms with Crippen LogP contribution in [0.25, 0.3) is 0 Å². The van der Waals surface area contributed by atoms with Crippen molar-refractivity contribution in [3.63, 3.8) is 0 Å². The minimum absolute atomic E-state index is 0.127. The van der Waals surface area contributed by atoms with E-state index >= 15 is 0 Å². The van der Waals surface area contributed by atoms with Gasteiger partial charge in [-0.05, 0) is 6.26 Å². The predicted octanol–water partition coefficient (Wildman–Crippen LogP) is 0.904. The van der Waals surface area contributed by atoms with Crippen molar-refractivity contribution in [1.29, 1.82) is 0 Å². The number of hydrogen-bond acceptors (Lipinski definition) is 3. The fraction of sp³-hybridized carbons (Fsp3) is 0.500. The van der Waals surface area contributed by atoms with Gasteiger partial charge in [0.05, 0.1) is 0 Å². The molecule has 0 bridgehead atoms. The lowest BCUT2D eigenvalue weighted by Crippen LogP contribution is -2.02. The van der Waals surface area contributed by atoms with Crippen molar-refractivity contribution in [2.45, 2.75) is 0 Å². The maximum Gasteiger partial charge on any atom is 0.288 e. The Balaban J connectivity index is 2.99. The molecule has 2 nitrogen and oxygen atoms in total. The molecular formula is C2H5NOS2. The Hall–Kier alpha value is 0.170. The molecule has 0 aliphatic heterocycles. The summed E-state index contributed by atoms with van der Waals surface area (Å²) in [7, 11) is 0. The third-order valence-electron chi connectivity index (χ3n) is 0.277. The molecule has 0 atom stereocenters. The number of amides is 1. The summed E-state index contributed by atoms with van der Waals surface area (Å²) >= 11 is 4.57. The van der Waals surface area contributed by atoms with Crippen LogP contribution in [0, 0.1) is 0 Å². The number of carbonyl (C=O) groups excluding carboxylic acids is 1. The molecule has 6 heavy (non-hydrogen) atoms. The Morgan fingerprint density at radius 3 is 2.50 bits per heavy atom. The molecule has 1 N–H and O–H groups in total. The summed E-state index contributed by atoms with van der Waals surface area (Å²) in [6, 6.07) is 0. The first-order chi connectivity index (χ1) is 2.81. The summed E-state index contributed by atoms with van der Waals surface area (Å²) in [5.74, 6) is 0. The van der Waals surface area contributed by atoms with Crippen LogP contribution >= 0.6 is 24.6 Å². The lowest BCUT2D eigenvalue weighted by atomic mass is 11.4. The van der Waals surface area contributed by atoms with Crippen LogP contribution in [0.3, 0.4) is 0 Å². The molecule has 0 aromatic rings. The van der Waals surface area contributed by atoms with Gasteiger partial charge in [0, 0.05) is 0 Å². The van der Waals surface area contributed by atoms with Crippen LogP contribution in [-0.4, -0.2) is 11.5 Å². The molecule has 0 radical (unpaired) electrons. The molecule has 0 saturated heterocycles. The Labute approximate surface area is 46.2 Å². The van der Waals surface area contributed by atoms with Gasteiger partial charge in [0.2, 0.25) is 0 Å². The Morgan fingerprint density at radius 2 is 2.50 bits per heavy atom. The molecule has 4 heteroatoms. The molecular weight excluding hydrogens is 118 g/mol. The number of thiol groups is 1. The van der Waals surface area contributed by atoms with Gasteiger partial charge in [0.1, 0.15) is 0 Å².